The number of para-hydroxylation sites is 1. The minimum Gasteiger partial charge on any atom is -0.487 e. The molecule has 1 aromatic rings. The number of benzene rings is 1. The highest BCUT2D eigenvalue weighted by Crippen LogP contribution is 2.38. The quantitative estimate of drug-likeness (QED) is 0.644. The third-order valence-corrected chi connectivity index (χ3v) is 3.79. The Hall–Kier alpha value is -1.82. The first-order valence-electron chi connectivity index (χ1n) is 7.33. The maximum atomic E-state index is 11.3. The molecule has 2 rings (SSSR count). The van der Waals surface area contributed by atoms with Crippen LogP contribution in [0.15, 0.2) is 18.2 Å². The van der Waals surface area contributed by atoms with Crippen molar-refractivity contribution in [1.29, 1.82) is 0 Å². The summed E-state index contributed by atoms with van der Waals surface area (Å²) < 4.78 is 11.1. The van der Waals surface area contributed by atoms with Gasteiger partial charge < -0.3 is 14.6 Å². The highest BCUT2D eigenvalue weighted by atomic mass is 16.6. The van der Waals surface area contributed by atoms with Crippen LogP contribution < -0.4 is 9.47 Å². The molecule has 0 atom stereocenters. The largest absolute Gasteiger partial charge is 0.487 e. The lowest BCUT2D eigenvalue weighted by Gasteiger charge is -2.27. The van der Waals surface area contributed by atoms with Gasteiger partial charge in [0.2, 0.25) is 11.5 Å². The van der Waals surface area contributed by atoms with E-state index in [1.807, 2.05) is 0 Å². The predicted octanol–water partition coefficient (Wildman–Crippen LogP) is 2.92. The van der Waals surface area contributed by atoms with E-state index in [1.165, 1.54) is 0 Å². The van der Waals surface area contributed by atoms with E-state index in [4.69, 9.17) is 14.6 Å². The second-order valence-electron chi connectivity index (χ2n) is 5.24. The Bertz CT molecular complexity index is 483. The molecule has 1 N–H and O–H groups in total. The molecule has 21 heavy (non-hydrogen) atoms. The molecule has 0 spiro atoms. The Kier molecular flexibility index (Phi) is 5.38. The number of aliphatic hydroxyl groups excluding tert-OH is 1. The fourth-order valence-electron chi connectivity index (χ4n) is 2.66. The molecule has 6 nitrogen and oxygen atoms in total. The normalized spacial score (nSPS) is 21.8. The molecular formula is C15H21NO5. The lowest BCUT2D eigenvalue weighted by molar-refractivity contribution is -0.387. The average molecular weight is 295 g/mol. The zero-order valence-corrected chi connectivity index (χ0v) is 12.2. The van der Waals surface area contributed by atoms with Crippen molar-refractivity contribution in [3.05, 3.63) is 28.3 Å². The van der Waals surface area contributed by atoms with Crippen LogP contribution in [0, 0.1) is 16.0 Å². The molecule has 0 amide bonds. The maximum Gasteiger partial charge on any atom is 0.352 e. The summed E-state index contributed by atoms with van der Waals surface area (Å²) >= 11 is 0. The molecule has 6 heteroatoms. The van der Waals surface area contributed by atoms with Crippen molar-refractivity contribution < 1.29 is 19.5 Å². The van der Waals surface area contributed by atoms with E-state index in [-0.39, 0.29) is 29.9 Å². The predicted molar refractivity (Wildman–Crippen MR) is 77.7 cm³/mol. The Morgan fingerprint density at radius 1 is 1.29 bits per heavy atom. The molecule has 0 radical (unpaired) electrons. The van der Waals surface area contributed by atoms with Crippen LogP contribution in [0.1, 0.15) is 32.6 Å². The number of rotatable bonds is 6. The SMILES string of the molecule is CCOc1cccc(OC2CCC(CO)CC2)c1[N+](=O)[O-]. The van der Waals surface area contributed by atoms with Gasteiger partial charge in [-0.15, -0.1) is 0 Å². The minimum absolute atomic E-state index is 0.0385. The zero-order valence-electron chi connectivity index (χ0n) is 12.2. The summed E-state index contributed by atoms with van der Waals surface area (Å²) in [5, 5.41) is 20.4. The number of aliphatic hydroxyl groups is 1. The van der Waals surface area contributed by atoms with Gasteiger partial charge in [-0.05, 0) is 50.7 Å². The van der Waals surface area contributed by atoms with Gasteiger partial charge in [-0.25, -0.2) is 0 Å². The van der Waals surface area contributed by atoms with Crippen molar-refractivity contribution in [2.24, 2.45) is 5.92 Å². The molecule has 0 aliphatic heterocycles. The van der Waals surface area contributed by atoms with Crippen molar-refractivity contribution in [2.75, 3.05) is 13.2 Å². The van der Waals surface area contributed by atoms with E-state index < -0.39 is 4.92 Å². The van der Waals surface area contributed by atoms with Crippen LogP contribution in [-0.2, 0) is 0 Å². The summed E-state index contributed by atoms with van der Waals surface area (Å²) in [6.45, 7) is 2.35. The molecule has 0 saturated heterocycles. The highest BCUT2D eigenvalue weighted by Gasteiger charge is 2.27. The van der Waals surface area contributed by atoms with Gasteiger partial charge in [-0.2, -0.15) is 0 Å². The molecule has 1 fully saturated rings. The van der Waals surface area contributed by atoms with Crippen LogP contribution in [-0.4, -0.2) is 29.3 Å². The minimum atomic E-state index is -0.459. The fourth-order valence-corrected chi connectivity index (χ4v) is 2.66. The summed E-state index contributed by atoms with van der Waals surface area (Å²) in [7, 11) is 0. The first kappa shape index (κ1) is 15.6. The van der Waals surface area contributed by atoms with E-state index in [2.05, 4.69) is 0 Å². The molecule has 1 aliphatic carbocycles. The molecule has 0 heterocycles. The van der Waals surface area contributed by atoms with Gasteiger partial charge in [-0.1, -0.05) is 6.07 Å². The van der Waals surface area contributed by atoms with E-state index in [9.17, 15) is 10.1 Å². The van der Waals surface area contributed by atoms with Crippen LogP contribution in [0.2, 0.25) is 0 Å². The van der Waals surface area contributed by atoms with Crippen molar-refractivity contribution >= 4 is 5.69 Å². The first-order valence-corrected chi connectivity index (χ1v) is 7.33. The number of nitro groups is 1. The molecule has 1 aliphatic rings. The molecule has 116 valence electrons. The van der Waals surface area contributed by atoms with E-state index in [1.54, 1.807) is 25.1 Å². The highest BCUT2D eigenvalue weighted by molar-refractivity contribution is 5.57. The molecule has 0 aromatic heterocycles. The lowest BCUT2D eigenvalue weighted by Crippen LogP contribution is -2.25. The topological polar surface area (TPSA) is 81.8 Å². The Labute approximate surface area is 123 Å². The van der Waals surface area contributed by atoms with Crippen molar-refractivity contribution in [3.63, 3.8) is 0 Å². The van der Waals surface area contributed by atoms with E-state index in [0.717, 1.165) is 25.7 Å². The molecule has 0 unspecified atom stereocenters. The van der Waals surface area contributed by atoms with Gasteiger partial charge in [0.25, 0.3) is 0 Å². The van der Waals surface area contributed by atoms with Crippen LogP contribution in [0.5, 0.6) is 11.5 Å². The van der Waals surface area contributed by atoms with Crippen LogP contribution in [0.4, 0.5) is 5.69 Å². The molecule has 0 bridgehead atoms. The Morgan fingerprint density at radius 3 is 2.52 bits per heavy atom. The lowest BCUT2D eigenvalue weighted by atomic mass is 9.88. The Balaban J connectivity index is 2.12. The maximum absolute atomic E-state index is 11.3. The summed E-state index contributed by atoms with van der Waals surface area (Å²) in [6, 6.07) is 4.89. The fraction of sp³-hybridized carbons (Fsp3) is 0.600. The number of nitrogens with zero attached hydrogens (tertiary/aromatic N) is 1. The second-order valence-corrected chi connectivity index (χ2v) is 5.24. The summed E-state index contributed by atoms with van der Waals surface area (Å²) in [6.07, 6.45) is 3.35. The number of hydrogen-bond acceptors (Lipinski definition) is 5. The molecule has 1 saturated carbocycles. The first-order chi connectivity index (χ1) is 10.2. The monoisotopic (exact) mass is 295 g/mol. The summed E-state index contributed by atoms with van der Waals surface area (Å²) in [5.74, 6) is 0.831. The van der Waals surface area contributed by atoms with Crippen molar-refractivity contribution in [2.45, 2.75) is 38.7 Å². The van der Waals surface area contributed by atoms with Gasteiger partial charge in [0.05, 0.1) is 17.6 Å². The standard InChI is InChI=1S/C15H21NO5/c1-2-20-13-4-3-5-14(15(13)16(18)19)21-12-8-6-11(10-17)7-9-12/h3-5,11-12,17H,2,6-10H2,1H3. The summed E-state index contributed by atoms with van der Waals surface area (Å²) in [5.41, 5.74) is -0.108. The molecule has 1 aromatic carbocycles. The van der Waals surface area contributed by atoms with Crippen LogP contribution in [0.3, 0.4) is 0 Å². The van der Waals surface area contributed by atoms with Gasteiger partial charge in [0.1, 0.15) is 0 Å². The van der Waals surface area contributed by atoms with Gasteiger partial charge >= 0.3 is 5.69 Å². The molecular weight excluding hydrogens is 274 g/mol. The number of ether oxygens (including phenoxy) is 2. The van der Waals surface area contributed by atoms with Crippen LogP contribution >= 0.6 is 0 Å². The van der Waals surface area contributed by atoms with Gasteiger partial charge in [0, 0.05) is 6.61 Å². The van der Waals surface area contributed by atoms with Gasteiger partial charge in [-0.3, -0.25) is 10.1 Å². The Morgan fingerprint density at radius 2 is 1.95 bits per heavy atom. The number of nitro benzene ring substituents is 1. The van der Waals surface area contributed by atoms with Crippen molar-refractivity contribution in [1.82, 2.24) is 0 Å². The van der Waals surface area contributed by atoms with Gasteiger partial charge in [0.15, 0.2) is 0 Å². The van der Waals surface area contributed by atoms with Crippen LogP contribution in [0.25, 0.3) is 0 Å². The van der Waals surface area contributed by atoms with E-state index in [0.29, 0.717) is 12.5 Å². The van der Waals surface area contributed by atoms with Crippen molar-refractivity contribution in [3.8, 4) is 11.5 Å². The summed E-state index contributed by atoms with van der Waals surface area (Å²) in [4.78, 5) is 10.8. The third-order valence-electron chi connectivity index (χ3n) is 3.79. The number of hydrogen-bond donors (Lipinski definition) is 1. The second kappa shape index (κ2) is 7.26. The smallest absolute Gasteiger partial charge is 0.352 e. The van der Waals surface area contributed by atoms with E-state index >= 15 is 0 Å². The zero-order chi connectivity index (χ0) is 15.2. The third kappa shape index (κ3) is 3.85. The average Bonchev–Trinajstić information content (AvgIpc) is 2.48.